The van der Waals surface area contributed by atoms with Crippen molar-refractivity contribution in [1.29, 1.82) is 0 Å². The Kier molecular flexibility index (Phi) is 5.14. The van der Waals surface area contributed by atoms with E-state index in [4.69, 9.17) is 11.6 Å². The van der Waals surface area contributed by atoms with Gasteiger partial charge in [0.05, 0.1) is 0 Å². The third kappa shape index (κ3) is 4.06. The molecule has 130 valence electrons. The van der Waals surface area contributed by atoms with Gasteiger partial charge in [-0.15, -0.1) is 0 Å². The predicted octanol–water partition coefficient (Wildman–Crippen LogP) is 2.10. The highest BCUT2D eigenvalue weighted by Gasteiger charge is 2.22. The molecule has 7 nitrogen and oxygen atoms in total. The molecule has 2 aromatic rings. The summed E-state index contributed by atoms with van der Waals surface area (Å²) in [7, 11) is 0. The summed E-state index contributed by atoms with van der Waals surface area (Å²) in [4.78, 5) is 35.2. The Morgan fingerprint density at radius 1 is 1.24 bits per heavy atom. The molecule has 1 aromatic heterocycles. The second kappa shape index (κ2) is 7.48. The van der Waals surface area contributed by atoms with Gasteiger partial charge in [0.25, 0.3) is 5.91 Å². The van der Waals surface area contributed by atoms with Gasteiger partial charge in [-0.05, 0) is 36.8 Å². The fraction of sp³-hybridized carbons (Fsp3) is 0.294. The summed E-state index contributed by atoms with van der Waals surface area (Å²) in [6.45, 7) is 4.00. The van der Waals surface area contributed by atoms with E-state index in [2.05, 4.69) is 15.3 Å². The van der Waals surface area contributed by atoms with Gasteiger partial charge in [-0.2, -0.15) is 0 Å². The number of rotatable bonds is 4. The van der Waals surface area contributed by atoms with E-state index in [-0.39, 0.29) is 5.91 Å². The number of hydrogen-bond acceptors (Lipinski definition) is 5. The van der Waals surface area contributed by atoms with Crippen molar-refractivity contribution in [1.82, 2.24) is 19.8 Å². The molecular formula is C17H18ClN5O2. The van der Waals surface area contributed by atoms with Gasteiger partial charge in [-0.3, -0.25) is 9.59 Å². The normalized spacial score (nSPS) is 14.3. The van der Waals surface area contributed by atoms with Crippen LogP contribution in [0.4, 0.5) is 11.6 Å². The second-order valence-electron chi connectivity index (χ2n) is 5.78. The van der Waals surface area contributed by atoms with E-state index >= 15 is 0 Å². The lowest BCUT2D eigenvalue weighted by Gasteiger charge is -2.32. The van der Waals surface area contributed by atoms with Crippen molar-refractivity contribution in [2.75, 3.05) is 31.5 Å². The third-order valence-electron chi connectivity index (χ3n) is 4.06. The largest absolute Gasteiger partial charge is 0.342 e. The Hall–Kier alpha value is -2.67. The zero-order valence-electron chi connectivity index (χ0n) is 13.8. The van der Waals surface area contributed by atoms with Crippen LogP contribution >= 0.6 is 11.6 Å². The number of nitrogens with zero attached hydrogens (tertiary/aromatic N) is 4. The highest BCUT2D eigenvalue weighted by molar-refractivity contribution is 6.30. The first-order chi connectivity index (χ1) is 12.1. The van der Waals surface area contributed by atoms with Gasteiger partial charge < -0.3 is 15.1 Å². The minimum Gasteiger partial charge on any atom is -0.342 e. The minimum atomic E-state index is -0.163. The lowest BCUT2D eigenvalue weighted by molar-refractivity contribution is -0.119. The highest BCUT2D eigenvalue weighted by atomic mass is 35.5. The Bertz CT molecular complexity index is 790. The molecular weight excluding hydrogens is 342 g/mol. The smallest absolute Gasteiger partial charge is 0.272 e. The van der Waals surface area contributed by atoms with E-state index in [1.807, 2.05) is 19.1 Å². The van der Waals surface area contributed by atoms with Crippen LogP contribution in [0, 0.1) is 6.92 Å². The lowest BCUT2D eigenvalue weighted by atomic mass is 10.2. The summed E-state index contributed by atoms with van der Waals surface area (Å²) in [6.07, 6.45) is 2.36. The van der Waals surface area contributed by atoms with Crippen LogP contribution in [0.25, 0.3) is 0 Å². The molecule has 2 amide bonds. The topological polar surface area (TPSA) is 78.4 Å². The van der Waals surface area contributed by atoms with Crippen LogP contribution in [0.5, 0.6) is 0 Å². The van der Waals surface area contributed by atoms with E-state index < -0.39 is 0 Å². The quantitative estimate of drug-likeness (QED) is 0.846. The first-order valence-corrected chi connectivity index (χ1v) is 8.29. The number of amides is 2. The monoisotopic (exact) mass is 359 g/mol. The zero-order chi connectivity index (χ0) is 17.8. The Labute approximate surface area is 150 Å². The number of halogens is 1. The molecule has 0 saturated carbocycles. The number of carbonyl (C=O) groups is 2. The molecule has 1 aliphatic rings. The van der Waals surface area contributed by atoms with Crippen molar-refractivity contribution in [3.63, 3.8) is 0 Å². The first kappa shape index (κ1) is 17.2. The van der Waals surface area contributed by atoms with Gasteiger partial charge >= 0.3 is 0 Å². The summed E-state index contributed by atoms with van der Waals surface area (Å²) in [5, 5.41) is 3.76. The van der Waals surface area contributed by atoms with Crippen LogP contribution < -0.4 is 5.32 Å². The molecule has 0 bridgehead atoms. The molecule has 8 heteroatoms. The van der Waals surface area contributed by atoms with Crippen LogP contribution in [-0.2, 0) is 4.79 Å². The summed E-state index contributed by atoms with van der Waals surface area (Å²) in [5.41, 5.74) is 2.11. The van der Waals surface area contributed by atoms with Gasteiger partial charge in [-0.1, -0.05) is 11.6 Å². The Morgan fingerprint density at radius 3 is 2.68 bits per heavy atom. The summed E-state index contributed by atoms with van der Waals surface area (Å²) >= 11 is 5.96. The van der Waals surface area contributed by atoms with Crippen molar-refractivity contribution in [3.8, 4) is 0 Å². The molecule has 1 fully saturated rings. The molecule has 1 N–H and O–H groups in total. The average Bonchev–Trinajstić information content (AvgIpc) is 2.64. The Morgan fingerprint density at radius 2 is 2.00 bits per heavy atom. The molecule has 0 aliphatic carbocycles. The maximum Gasteiger partial charge on any atom is 0.272 e. The summed E-state index contributed by atoms with van der Waals surface area (Å²) < 4.78 is 0. The Balaban J connectivity index is 1.73. The molecule has 1 aliphatic heterocycles. The van der Waals surface area contributed by atoms with Crippen molar-refractivity contribution in [2.45, 2.75) is 6.92 Å². The average molecular weight is 360 g/mol. The standard InChI is InChI=1S/C17H18ClN5O2/c1-12-10-13(18)2-3-14(12)20-17-19-5-4-15(21-17)16(25)23-8-6-22(11-24)7-9-23/h2-5,10-11H,6-9H2,1H3,(H,19,20,21). The molecule has 0 atom stereocenters. The first-order valence-electron chi connectivity index (χ1n) is 7.91. The SMILES string of the molecule is Cc1cc(Cl)ccc1Nc1nccc(C(=O)N2CCN(C=O)CC2)n1. The summed E-state index contributed by atoms with van der Waals surface area (Å²) in [6, 6.07) is 7.05. The molecule has 0 radical (unpaired) electrons. The van der Waals surface area contributed by atoms with Crippen LogP contribution in [0.15, 0.2) is 30.5 Å². The number of aromatic nitrogens is 2. The van der Waals surface area contributed by atoms with Gasteiger partial charge in [0.2, 0.25) is 12.4 Å². The molecule has 2 heterocycles. The second-order valence-corrected chi connectivity index (χ2v) is 6.22. The number of benzene rings is 1. The maximum absolute atomic E-state index is 12.6. The summed E-state index contributed by atoms with van der Waals surface area (Å²) in [5.74, 6) is 0.187. The van der Waals surface area contributed by atoms with Crippen molar-refractivity contribution < 1.29 is 9.59 Å². The van der Waals surface area contributed by atoms with E-state index in [0.29, 0.717) is 42.8 Å². The van der Waals surface area contributed by atoms with E-state index in [9.17, 15) is 9.59 Å². The number of carbonyl (C=O) groups excluding carboxylic acids is 2. The van der Waals surface area contributed by atoms with Gasteiger partial charge in [0.1, 0.15) is 5.69 Å². The van der Waals surface area contributed by atoms with Crippen molar-refractivity contribution in [2.24, 2.45) is 0 Å². The molecule has 1 aromatic carbocycles. The van der Waals surface area contributed by atoms with Crippen LogP contribution in [-0.4, -0.2) is 58.3 Å². The number of anilines is 2. The van der Waals surface area contributed by atoms with Gasteiger partial charge in [-0.25, -0.2) is 9.97 Å². The highest BCUT2D eigenvalue weighted by Crippen LogP contribution is 2.22. The number of nitrogens with one attached hydrogen (secondary N) is 1. The predicted molar refractivity (Wildman–Crippen MR) is 95.0 cm³/mol. The fourth-order valence-corrected chi connectivity index (χ4v) is 2.84. The van der Waals surface area contributed by atoms with E-state index in [0.717, 1.165) is 17.7 Å². The van der Waals surface area contributed by atoms with Crippen LogP contribution in [0.3, 0.4) is 0 Å². The number of aryl methyl sites for hydroxylation is 1. The molecule has 3 rings (SSSR count). The van der Waals surface area contributed by atoms with Crippen molar-refractivity contribution in [3.05, 3.63) is 46.7 Å². The molecule has 1 saturated heterocycles. The zero-order valence-corrected chi connectivity index (χ0v) is 14.5. The number of hydrogen-bond donors (Lipinski definition) is 1. The van der Waals surface area contributed by atoms with Crippen molar-refractivity contribution >= 4 is 35.6 Å². The fourth-order valence-electron chi connectivity index (χ4n) is 2.62. The number of piperazine rings is 1. The lowest BCUT2D eigenvalue weighted by Crippen LogP contribution is -2.48. The molecule has 0 unspecified atom stereocenters. The maximum atomic E-state index is 12.6. The van der Waals surface area contributed by atoms with Crippen LogP contribution in [0.2, 0.25) is 5.02 Å². The third-order valence-corrected chi connectivity index (χ3v) is 4.30. The molecule has 0 spiro atoms. The molecule has 25 heavy (non-hydrogen) atoms. The van der Waals surface area contributed by atoms with Crippen LogP contribution in [0.1, 0.15) is 16.1 Å². The van der Waals surface area contributed by atoms with Gasteiger partial charge in [0.15, 0.2) is 0 Å². The van der Waals surface area contributed by atoms with E-state index in [1.54, 1.807) is 28.1 Å². The van der Waals surface area contributed by atoms with Gasteiger partial charge in [0, 0.05) is 43.1 Å². The minimum absolute atomic E-state index is 0.163. The van der Waals surface area contributed by atoms with E-state index in [1.165, 1.54) is 0 Å².